The minimum atomic E-state index is -0.0116. The van der Waals surface area contributed by atoms with Crippen LogP contribution in [-0.4, -0.2) is 68.6 Å². The van der Waals surface area contributed by atoms with E-state index in [1.165, 1.54) is 0 Å². The number of ether oxygens (including phenoxy) is 1. The second kappa shape index (κ2) is 8.64. The number of nitrogens with zero attached hydrogens (tertiary/aromatic N) is 2. The first-order chi connectivity index (χ1) is 11.0. The van der Waals surface area contributed by atoms with Gasteiger partial charge >= 0.3 is 0 Å². The van der Waals surface area contributed by atoms with Crippen molar-refractivity contribution in [2.24, 2.45) is 0 Å². The van der Waals surface area contributed by atoms with E-state index in [4.69, 9.17) is 4.74 Å². The zero-order valence-corrected chi connectivity index (χ0v) is 13.9. The Morgan fingerprint density at radius 3 is 2.43 bits per heavy atom. The second-order valence-corrected chi connectivity index (χ2v) is 5.92. The van der Waals surface area contributed by atoms with Gasteiger partial charge in [-0.3, -0.25) is 14.5 Å². The quantitative estimate of drug-likeness (QED) is 0.849. The number of carbonyl (C=O) groups excluding carboxylic acids is 2. The van der Waals surface area contributed by atoms with Gasteiger partial charge in [-0.1, -0.05) is 12.1 Å². The van der Waals surface area contributed by atoms with Crippen LogP contribution >= 0.6 is 0 Å². The molecule has 1 saturated heterocycles. The fourth-order valence-electron chi connectivity index (χ4n) is 2.39. The predicted octanol–water partition coefficient (Wildman–Crippen LogP) is 0.978. The van der Waals surface area contributed by atoms with E-state index >= 15 is 0 Å². The van der Waals surface area contributed by atoms with Gasteiger partial charge in [-0.15, -0.1) is 0 Å². The van der Waals surface area contributed by atoms with Crippen molar-refractivity contribution < 1.29 is 14.3 Å². The minimum Gasteiger partial charge on any atom is -0.379 e. The van der Waals surface area contributed by atoms with Gasteiger partial charge in [0, 0.05) is 39.3 Å². The summed E-state index contributed by atoms with van der Waals surface area (Å²) >= 11 is 0. The highest BCUT2D eigenvalue weighted by Gasteiger charge is 2.14. The van der Waals surface area contributed by atoms with Crippen LogP contribution in [0.5, 0.6) is 0 Å². The highest BCUT2D eigenvalue weighted by molar-refractivity contribution is 5.92. The maximum atomic E-state index is 12.0. The Kier molecular flexibility index (Phi) is 6.55. The first kappa shape index (κ1) is 17.4. The summed E-state index contributed by atoms with van der Waals surface area (Å²) in [6.45, 7) is 3.36. The molecule has 1 aliphatic rings. The fraction of sp³-hybridized carbons (Fsp3) is 0.529. The molecule has 0 saturated carbocycles. The largest absolute Gasteiger partial charge is 0.379 e. The second-order valence-electron chi connectivity index (χ2n) is 5.92. The van der Waals surface area contributed by atoms with Crippen molar-refractivity contribution in [3.8, 4) is 0 Å². The third-order valence-corrected chi connectivity index (χ3v) is 3.83. The topological polar surface area (TPSA) is 61.9 Å². The van der Waals surface area contributed by atoms with E-state index < -0.39 is 0 Å². The van der Waals surface area contributed by atoms with Crippen molar-refractivity contribution >= 4 is 17.5 Å². The van der Waals surface area contributed by atoms with Crippen LogP contribution in [0.1, 0.15) is 12.0 Å². The zero-order valence-electron chi connectivity index (χ0n) is 13.9. The van der Waals surface area contributed by atoms with Gasteiger partial charge in [0.1, 0.15) is 0 Å². The predicted molar refractivity (Wildman–Crippen MR) is 89.3 cm³/mol. The Balaban J connectivity index is 1.77. The summed E-state index contributed by atoms with van der Waals surface area (Å²) in [5.74, 6) is 0.107. The Morgan fingerprint density at radius 1 is 1.17 bits per heavy atom. The van der Waals surface area contributed by atoms with Gasteiger partial charge in [0.15, 0.2) is 0 Å². The van der Waals surface area contributed by atoms with Crippen LogP contribution in [0, 0.1) is 0 Å². The average Bonchev–Trinajstić information content (AvgIpc) is 2.54. The first-order valence-corrected chi connectivity index (χ1v) is 7.93. The average molecular weight is 319 g/mol. The monoisotopic (exact) mass is 319 g/mol. The van der Waals surface area contributed by atoms with Gasteiger partial charge in [0.05, 0.1) is 19.8 Å². The van der Waals surface area contributed by atoms with E-state index in [1.807, 2.05) is 24.3 Å². The van der Waals surface area contributed by atoms with Crippen molar-refractivity contribution in [2.75, 3.05) is 52.3 Å². The Hall–Kier alpha value is -1.92. The van der Waals surface area contributed by atoms with E-state index in [1.54, 1.807) is 19.0 Å². The van der Waals surface area contributed by atoms with Crippen molar-refractivity contribution in [3.63, 3.8) is 0 Å². The number of amides is 2. The summed E-state index contributed by atoms with van der Waals surface area (Å²) in [5, 5.41) is 2.90. The molecule has 0 aromatic heterocycles. The number of hydrogen-bond acceptors (Lipinski definition) is 4. The molecule has 1 N–H and O–H groups in total. The van der Waals surface area contributed by atoms with Crippen LogP contribution in [0.3, 0.4) is 0 Å². The maximum Gasteiger partial charge on any atom is 0.238 e. The van der Waals surface area contributed by atoms with Gasteiger partial charge < -0.3 is 15.0 Å². The molecule has 23 heavy (non-hydrogen) atoms. The standard InChI is InChI=1S/C17H25N3O3/c1-19(2)17(22)8-5-14-3-6-15(7-4-14)18-16(21)13-20-9-11-23-12-10-20/h3-4,6-7H,5,8-13H2,1-2H3,(H,18,21). The number of anilines is 1. The Labute approximate surface area is 137 Å². The third kappa shape index (κ3) is 6.00. The Morgan fingerprint density at radius 2 is 1.83 bits per heavy atom. The van der Waals surface area contributed by atoms with Crippen LogP contribution in [-0.2, 0) is 20.7 Å². The lowest BCUT2D eigenvalue weighted by Crippen LogP contribution is -2.41. The molecule has 0 radical (unpaired) electrons. The first-order valence-electron chi connectivity index (χ1n) is 7.93. The van der Waals surface area contributed by atoms with Crippen molar-refractivity contribution in [1.82, 2.24) is 9.80 Å². The van der Waals surface area contributed by atoms with E-state index in [-0.39, 0.29) is 11.8 Å². The zero-order chi connectivity index (χ0) is 16.7. The molecule has 1 aromatic carbocycles. The molecular weight excluding hydrogens is 294 g/mol. The SMILES string of the molecule is CN(C)C(=O)CCc1ccc(NC(=O)CN2CCOCC2)cc1. The molecule has 0 aliphatic carbocycles. The van der Waals surface area contributed by atoms with Gasteiger partial charge in [-0.25, -0.2) is 0 Å². The molecular formula is C17H25N3O3. The molecule has 1 aliphatic heterocycles. The van der Waals surface area contributed by atoms with Gasteiger partial charge in [0.2, 0.25) is 11.8 Å². The maximum absolute atomic E-state index is 12.0. The summed E-state index contributed by atoms with van der Waals surface area (Å²) in [6, 6.07) is 7.67. The van der Waals surface area contributed by atoms with Crippen molar-refractivity contribution in [1.29, 1.82) is 0 Å². The van der Waals surface area contributed by atoms with Crippen molar-refractivity contribution in [2.45, 2.75) is 12.8 Å². The smallest absolute Gasteiger partial charge is 0.238 e. The lowest BCUT2D eigenvalue weighted by Gasteiger charge is -2.25. The number of rotatable bonds is 6. The Bertz CT molecular complexity index is 522. The number of hydrogen-bond donors (Lipinski definition) is 1. The molecule has 1 aromatic rings. The summed E-state index contributed by atoms with van der Waals surface area (Å²) in [4.78, 5) is 27.3. The molecule has 6 heteroatoms. The van der Waals surface area contributed by atoms with Crippen LogP contribution in [0.15, 0.2) is 24.3 Å². The number of benzene rings is 1. The van der Waals surface area contributed by atoms with E-state index in [2.05, 4.69) is 10.2 Å². The van der Waals surface area contributed by atoms with Gasteiger partial charge in [-0.05, 0) is 24.1 Å². The molecule has 6 nitrogen and oxygen atoms in total. The summed E-state index contributed by atoms with van der Waals surface area (Å²) in [5.41, 5.74) is 1.87. The molecule has 0 unspecified atom stereocenters. The van der Waals surface area contributed by atoms with E-state index in [9.17, 15) is 9.59 Å². The number of aryl methyl sites for hydroxylation is 1. The summed E-state index contributed by atoms with van der Waals surface area (Å²) < 4.78 is 5.27. The number of nitrogens with one attached hydrogen (secondary N) is 1. The van der Waals surface area contributed by atoms with Crippen LogP contribution in [0.4, 0.5) is 5.69 Å². The van der Waals surface area contributed by atoms with Gasteiger partial charge in [0.25, 0.3) is 0 Å². The van der Waals surface area contributed by atoms with E-state index in [0.717, 1.165) is 24.3 Å². The highest BCUT2D eigenvalue weighted by Crippen LogP contribution is 2.12. The van der Waals surface area contributed by atoms with Crippen LogP contribution in [0.25, 0.3) is 0 Å². The van der Waals surface area contributed by atoms with Gasteiger partial charge in [-0.2, -0.15) is 0 Å². The van der Waals surface area contributed by atoms with Crippen LogP contribution in [0.2, 0.25) is 0 Å². The molecule has 2 rings (SSSR count). The molecule has 1 fully saturated rings. The fourth-order valence-corrected chi connectivity index (χ4v) is 2.39. The molecule has 1 heterocycles. The number of carbonyl (C=O) groups is 2. The molecule has 0 atom stereocenters. The summed E-state index contributed by atoms with van der Waals surface area (Å²) in [6.07, 6.45) is 1.20. The van der Waals surface area contributed by atoms with Crippen LogP contribution < -0.4 is 5.32 Å². The normalized spacial score (nSPS) is 15.2. The molecule has 0 spiro atoms. The third-order valence-electron chi connectivity index (χ3n) is 3.83. The molecule has 2 amide bonds. The lowest BCUT2D eigenvalue weighted by atomic mass is 10.1. The van der Waals surface area contributed by atoms with Crippen molar-refractivity contribution in [3.05, 3.63) is 29.8 Å². The number of morpholine rings is 1. The lowest BCUT2D eigenvalue weighted by molar-refractivity contribution is -0.128. The molecule has 126 valence electrons. The highest BCUT2D eigenvalue weighted by atomic mass is 16.5. The summed E-state index contributed by atoms with van der Waals surface area (Å²) in [7, 11) is 3.52. The van der Waals surface area contributed by atoms with E-state index in [0.29, 0.717) is 32.6 Å². The molecule has 0 bridgehead atoms. The minimum absolute atomic E-state index is 0.0116.